The highest BCUT2D eigenvalue weighted by atomic mass is 16.4. The minimum atomic E-state index is -0.771. The topological polar surface area (TPSA) is 120 Å². The van der Waals surface area contributed by atoms with Gasteiger partial charge >= 0.3 is 5.97 Å². The fourth-order valence-corrected chi connectivity index (χ4v) is 4.08. The molecule has 0 aliphatic rings. The lowest BCUT2D eigenvalue weighted by molar-refractivity contribution is -0.137. The van der Waals surface area contributed by atoms with Crippen molar-refractivity contribution in [2.45, 2.75) is 44.9 Å². The molecule has 0 saturated heterocycles. The third-order valence-corrected chi connectivity index (χ3v) is 6.00. The number of hydrogen-bond donors (Lipinski definition) is 4. The monoisotopic (exact) mass is 485 g/mol. The van der Waals surface area contributed by atoms with E-state index in [0.29, 0.717) is 12.8 Å². The number of carbonyl (C=O) groups excluding carboxylic acids is 1. The lowest BCUT2D eigenvalue weighted by Gasteiger charge is -2.06. The van der Waals surface area contributed by atoms with Gasteiger partial charge in [0.2, 0.25) is 5.91 Å². The summed E-state index contributed by atoms with van der Waals surface area (Å²) in [5, 5.41) is 15.9. The van der Waals surface area contributed by atoms with Gasteiger partial charge in [-0.1, -0.05) is 55.3 Å². The standard InChI is InChI=1S/C28H31N5O3/c34-25(10-6-1-2-7-11-26(35)36)32-22-14-12-21(13-15-22)24-18-23-27(30-19-31-28(23)33-24)29-17-16-20-8-4-3-5-9-20/h3-5,8-9,12-15,18-19H,1-2,6-7,10-11,16-17H2,(H,32,34)(H,35,36)(H2,29,30,31,33). The molecule has 8 heteroatoms. The highest BCUT2D eigenvalue weighted by Gasteiger charge is 2.10. The van der Waals surface area contributed by atoms with Gasteiger partial charge in [-0.3, -0.25) is 9.59 Å². The number of benzene rings is 2. The maximum absolute atomic E-state index is 12.2. The van der Waals surface area contributed by atoms with Crippen LogP contribution in [0.25, 0.3) is 22.3 Å². The van der Waals surface area contributed by atoms with Crippen molar-refractivity contribution in [3.05, 3.63) is 72.6 Å². The molecular weight excluding hydrogens is 454 g/mol. The van der Waals surface area contributed by atoms with Crippen LogP contribution in [0.15, 0.2) is 67.0 Å². The van der Waals surface area contributed by atoms with Crippen molar-refractivity contribution in [1.82, 2.24) is 15.0 Å². The number of carbonyl (C=O) groups is 2. The Bertz CT molecular complexity index is 1290. The molecule has 0 unspecified atom stereocenters. The normalized spacial score (nSPS) is 10.9. The summed E-state index contributed by atoms with van der Waals surface area (Å²) < 4.78 is 0. The lowest BCUT2D eigenvalue weighted by atomic mass is 10.1. The summed E-state index contributed by atoms with van der Waals surface area (Å²) >= 11 is 0. The highest BCUT2D eigenvalue weighted by Crippen LogP contribution is 2.27. The minimum absolute atomic E-state index is 0.0342. The van der Waals surface area contributed by atoms with Crippen LogP contribution in [-0.2, 0) is 16.0 Å². The highest BCUT2D eigenvalue weighted by molar-refractivity contribution is 5.93. The minimum Gasteiger partial charge on any atom is -0.481 e. The van der Waals surface area contributed by atoms with Crippen molar-refractivity contribution in [3.63, 3.8) is 0 Å². The molecule has 8 nitrogen and oxygen atoms in total. The van der Waals surface area contributed by atoms with Gasteiger partial charge in [0.05, 0.1) is 5.39 Å². The summed E-state index contributed by atoms with van der Waals surface area (Å²) in [6.45, 7) is 0.771. The third kappa shape index (κ3) is 7.15. The molecule has 0 saturated carbocycles. The van der Waals surface area contributed by atoms with E-state index in [0.717, 1.165) is 66.0 Å². The van der Waals surface area contributed by atoms with Crippen molar-refractivity contribution < 1.29 is 14.7 Å². The molecule has 36 heavy (non-hydrogen) atoms. The SMILES string of the molecule is O=C(O)CCCCCCC(=O)Nc1ccc(-c2cc3c(NCCc4ccccc4)ncnc3[nH]2)cc1. The van der Waals surface area contributed by atoms with E-state index >= 15 is 0 Å². The predicted octanol–water partition coefficient (Wildman–Crippen LogP) is 5.64. The fraction of sp³-hybridized carbons (Fsp3) is 0.286. The van der Waals surface area contributed by atoms with Crippen molar-refractivity contribution in [1.29, 1.82) is 0 Å². The number of carboxylic acids is 1. The molecule has 0 bridgehead atoms. The Morgan fingerprint density at radius 2 is 1.64 bits per heavy atom. The number of aromatic amines is 1. The van der Waals surface area contributed by atoms with Crippen LogP contribution in [-0.4, -0.2) is 38.5 Å². The van der Waals surface area contributed by atoms with Crippen LogP contribution in [0, 0.1) is 0 Å². The fourth-order valence-electron chi connectivity index (χ4n) is 4.08. The van der Waals surface area contributed by atoms with Crippen LogP contribution >= 0.6 is 0 Å². The summed E-state index contributed by atoms with van der Waals surface area (Å²) in [7, 11) is 0. The number of unbranched alkanes of at least 4 members (excludes halogenated alkanes) is 3. The molecule has 0 radical (unpaired) electrons. The van der Waals surface area contributed by atoms with Gasteiger partial charge in [0, 0.05) is 30.8 Å². The molecule has 0 aliphatic carbocycles. The maximum atomic E-state index is 12.2. The number of carboxylic acid groups (broad SMARTS) is 1. The Balaban J connectivity index is 1.30. The second-order valence-electron chi connectivity index (χ2n) is 8.76. The summed E-state index contributed by atoms with van der Waals surface area (Å²) in [6.07, 6.45) is 6.16. The second-order valence-corrected chi connectivity index (χ2v) is 8.76. The van der Waals surface area contributed by atoms with Gasteiger partial charge in [0.25, 0.3) is 0 Å². The number of nitrogens with one attached hydrogen (secondary N) is 3. The number of nitrogens with zero attached hydrogens (tertiary/aromatic N) is 2. The Morgan fingerprint density at radius 3 is 2.39 bits per heavy atom. The van der Waals surface area contributed by atoms with Gasteiger partial charge in [-0.2, -0.15) is 0 Å². The predicted molar refractivity (Wildman–Crippen MR) is 142 cm³/mol. The first-order valence-corrected chi connectivity index (χ1v) is 12.3. The third-order valence-electron chi connectivity index (χ3n) is 6.00. The van der Waals surface area contributed by atoms with Gasteiger partial charge in [-0.25, -0.2) is 9.97 Å². The van der Waals surface area contributed by atoms with E-state index in [1.165, 1.54) is 5.56 Å². The Morgan fingerprint density at radius 1 is 0.889 bits per heavy atom. The molecule has 2 aromatic heterocycles. The Hall–Kier alpha value is -4.20. The smallest absolute Gasteiger partial charge is 0.303 e. The van der Waals surface area contributed by atoms with Crippen LogP contribution in [0.5, 0.6) is 0 Å². The second kappa shape index (κ2) is 12.5. The molecule has 4 aromatic rings. The van der Waals surface area contributed by atoms with E-state index < -0.39 is 5.97 Å². The van der Waals surface area contributed by atoms with Gasteiger partial charge in [0.1, 0.15) is 17.8 Å². The van der Waals surface area contributed by atoms with Crippen molar-refractivity contribution in [3.8, 4) is 11.3 Å². The lowest BCUT2D eigenvalue weighted by Crippen LogP contribution is -2.10. The molecule has 0 fully saturated rings. The van der Waals surface area contributed by atoms with E-state index in [1.807, 2.05) is 48.5 Å². The van der Waals surface area contributed by atoms with E-state index in [-0.39, 0.29) is 12.3 Å². The first-order valence-electron chi connectivity index (χ1n) is 12.3. The van der Waals surface area contributed by atoms with Crippen LogP contribution in [0.2, 0.25) is 0 Å². The zero-order chi connectivity index (χ0) is 25.2. The molecule has 0 aliphatic heterocycles. The Kier molecular flexibility index (Phi) is 8.64. The van der Waals surface area contributed by atoms with Crippen LogP contribution in [0.1, 0.15) is 44.1 Å². The number of aromatic nitrogens is 3. The largest absolute Gasteiger partial charge is 0.481 e. The molecule has 186 valence electrons. The summed E-state index contributed by atoms with van der Waals surface area (Å²) in [5.41, 5.74) is 4.69. The van der Waals surface area contributed by atoms with Gasteiger partial charge < -0.3 is 20.7 Å². The zero-order valence-corrected chi connectivity index (χ0v) is 20.2. The molecular formula is C28H31N5O3. The molecule has 1 amide bonds. The number of aliphatic carboxylic acids is 1. The first-order chi connectivity index (χ1) is 17.6. The van der Waals surface area contributed by atoms with E-state index in [9.17, 15) is 9.59 Å². The zero-order valence-electron chi connectivity index (χ0n) is 20.2. The summed E-state index contributed by atoms with van der Waals surface area (Å²) in [6, 6.07) is 20.1. The van der Waals surface area contributed by atoms with Crippen LogP contribution < -0.4 is 10.6 Å². The average Bonchev–Trinajstić information content (AvgIpc) is 3.32. The molecule has 0 spiro atoms. The van der Waals surface area contributed by atoms with E-state index in [4.69, 9.17) is 5.11 Å². The first kappa shape index (κ1) is 24.9. The number of H-pyrrole nitrogens is 1. The molecule has 0 atom stereocenters. The van der Waals surface area contributed by atoms with E-state index in [2.05, 4.69) is 37.7 Å². The van der Waals surface area contributed by atoms with E-state index in [1.54, 1.807) is 6.33 Å². The average molecular weight is 486 g/mol. The number of rotatable bonds is 13. The molecule has 2 heterocycles. The van der Waals surface area contributed by atoms with Crippen molar-refractivity contribution >= 4 is 34.4 Å². The van der Waals surface area contributed by atoms with Crippen LogP contribution in [0.3, 0.4) is 0 Å². The number of anilines is 2. The number of fused-ring (bicyclic) bond motifs is 1. The van der Waals surface area contributed by atoms with Crippen LogP contribution in [0.4, 0.5) is 11.5 Å². The summed E-state index contributed by atoms with van der Waals surface area (Å²) in [4.78, 5) is 34.9. The Labute approximate surface area is 210 Å². The van der Waals surface area contributed by atoms with Crippen molar-refractivity contribution in [2.75, 3.05) is 17.2 Å². The molecule has 4 rings (SSSR count). The quantitative estimate of drug-likeness (QED) is 0.182. The van der Waals surface area contributed by atoms with Gasteiger partial charge in [0.15, 0.2) is 0 Å². The van der Waals surface area contributed by atoms with Gasteiger partial charge in [-0.05, 0) is 48.6 Å². The van der Waals surface area contributed by atoms with Gasteiger partial charge in [-0.15, -0.1) is 0 Å². The molecule has 4 N–H and O–H groups in total. The molecule has 2 aromatic carbocycles. The number of amides is 1. The number of hydrogen-bond acceptors (Lipinski definition) is 5. The van der Waals surface area contributed by atoms with Crippen molar-refractivity contribution in [2.24, 2.45) is 0 Å². The maximum Gasteiger partial charge on any atom is 0.303 e. The summed E-state index contributed by atoms with van der Waals surface area (Å²) in [5.74, 6) is -0.00845.